The first-order valence-corrected chi connectivity index (χ1v) is 3.82. The smallest absolute Gasteiger partial charge is 0.872 e. The van der Waals surface area contributed by atoms with Gasteiger partial charge in [0.1, 0.15) is 0 Å². The third-order valence-electron chi connectivity index (χ3n) is 1.68. The van der Waals surface area contributed by atoms with Gasteiger partial charge in [-0.25, -0.2) is 0 Å². The van der Waals surface area contributed by atoms with Crippen LogP contribution in [0.25, 0.3) is 0 Å². The van der Waals surface area contributed by atoms with Crippen molar-refractivity contribution in [2.75, 3.05) is 0 Å². The molecule has 1 aromatic rings. The third-order valence-corrected chi connectivity index (χ3v) is 1.68. The van der Waals surface area contributed by atoms with E-state index in [0.717, 1.165) is 5.56 Å². The van der Waals surface area contributed by atoms with E-state index in [2.05, 4.69) is 0 Å². The first kappa shape index (κ1) is 21.7. The second kappa shape index (κ2) is 10.6. The van der Waals surface area contributed by atoms with Gasteiger partial charge in [-0.3, -0.25) is 0 Å². The van der Waals surface area contributed by atoms with Gasteiger partial charge in [-0.1, -0.05) is 24.3 Å². The quantitative estimate of drug-likeness (QED) is 0.530. The van der Waals surface area contributed by atoms with Crippen LogP contribution in [0.2, 0.25) is 0 Å². The first-order valence-electron chi connectivity index (χ1n) is 3.82. The molecule has 0 spiro atoms. The first-order chi connectivity index (χ1) is 6.09. The SMILES string of the molecule is N[C@@H](Cc1ccc([O-])cc1)C(=O)[O-].O.[Na+].[Na+]. The number of aliphatic carboxylic acids is 1. The summed E-state index contributed by atoms with van der Waals surface area (Å²) in [4.78, 5) is 10.3. The number of carbonyl (C=O) groups is 1. The zero-order chi connectivity index (χ0) is 9.84. The fourth-order valence-corrected chi connectivity index (χ4v) is 0.963. The summed E-state index contributed by atoms with van der Waals surface area (Å²) in [6.45, 7) is 0. The minimum atomic E-state index is -1.29. The van der Waals surface area contributed by atoms with Gasteiger partial charge >= 0.3 is 59.1 Å². The number of carbonyl (C=O) groups excluding carboxylic acids is 1. The Bertz CT molecular complexity index is 305. The molecule has 1 atom stereocenters. The van der Waals surface area contributed by atoms with Gasteiger partial charge in [-0.05, 0) is 12.0 Å². The molecule has 0 radical (unpaired) electrons. The third kappa shape index (κ3) is 7.65. The Morgan fingerprint density at radius 1 is 1.25 bits per heavy atom. The Labute approximate surface area is 138 Å². The molecule has 0 saturated heterocycles. The summed E-state index contributed by atoms with van der Waals surface area (Å²) < 4.78 is 0. The molecule has 7 heteroatoms. The molecule has 0 fully saturated rings. The molecule has 0 aliphatic carbocycles. The van der Waals surface area contributed by atoms with E-state index in [1.807, 2.05) is 0 Å². The van der Waals surface area contributed by atoms with Crippen LogP contribution in [0.4, 0.5) is 0 Å². The van der Waals surface area contributed by atoms with Crippen LogP contribution in [0, 0.1) is 0 Å². The van der Waals surface area contributed by atoms with Crippen molar-refractivity contribution in [2.24, 2.45) is 5.73 Å². The molecule has 0 aromatic heterocycles. The monoisotopic (exact) mass is 243 g/mol. The predicted molar refractivity (Wildman–Crippen MR) is 46.2 cm³/mol. The van der Waals surface area contributed by atoms with Gasteiger partial charge < -0.3 is 26.2 Å². The topological polar surface area (TPSA) is 121 Å². The average molecular weight is 243 g/mol. The molecule has 0 aliphatic heterocycles. The van der Waals surface area contributed by atoms with Crippen molar-refractivity contribution in [2.45, 2.75) is 12.5 Å². The number of benzene rings is 1. The van der Waals surface area contributed by atoms with Crippen molar-refractivity contribution >= 4 is 5.97 Å². The number of carboxylic acids is 1. The zero-order valence-electron chi connectivity index (χ0n) is 9.40. The number of nitrogens with two attached hydrogens (primary N) is 1. The number of hydrogen-bond donors (Lipinski definition) is 1. The van der Waals surface area contributed by atoms with Crippen molar-refractivity contribution in [1.82, 2.24) is 0 Å². The molecule has 78 valence electrons. The molecule has 0 saturated carbocycles. The van der Waals surface area contributed by atoms with Gasteiger partial charge in [0.25, 0.3) is 0 Å². The largest absolute Gasteiger partial charge is 1.00 e. The van der Waals surface area contributed by atoms with Crippen LogP contribution in [0.5, 0.6) is 5.75 Å². The molecule has 0 bridgehead atoms. The summed E-state index contributed by atoms with van der Waals surface area (Å²) in [6, 6.07) is 4.85. The summed E-state index contributed by atoms with van der Waals surface area (Å²) in [5.74, 6) is -1.39. The molecule has 0 unspecified atom stereocenters. The van der Waals surface area contributed by atoms with E-state index in [9.17, 15) is 15.0 Å². The van der Waals surface area contributed by atoms with Crippen LogP contribution in [-0.2, 0) is 11.2 Å². The van der Waals surface area contributed by atoms with Gasteiger partial charge in [0, 0.05) is 6.04 Å². The number of rotatable bonds is 3. The summed E-state index contributed by atoms with van der Waals surface area (Å²) in [5.41, 5.74) is 5.97. The maximum absolute atomic E-state index is 10.7. The number of hydrogen-bond acceptors (Lipinski definition) is 4. The molecule has 0 aliphatic rings. The van der Waals surface area contributed by atoms with Gasteiger partial charge in [0.15, 0.2) is 0 Å². The van der Waals surface area contributed by atoms with Crippen LogP contribution in [0.15, 0.2) is 24.3 Å². The Balaban J connectivity index is -0.000000563. The molecule has 0 heterocycles. The van der Waals surface area contributed by atoms with E-state index in [1.165, 1.54) is 12.1 Å². The van der Waals surface area contributed by atoms with E-state index >= 15 is 0 Å². The predicted octanol–water partition coefficient (Wildman–Crippen LogP) is -8.44. The maximum Gasteiger partial charge on any atom is 1.00 e. The average Bonchev–Trinajstić information content (AvgIpc) is 2.08. The Morgan fingerprint density at radius 2 is 1.69 bits per heavy atom. The number of carboxylic acid groups (broad SMARTS) is 1. The summed E-state index contributed by atoms with van der Waals surface area (Å²) >= 11 is 0. The summed E-state index contributed by atoms with van der Waals surface area (Å²) in [7, 11) is 0. The minimum absolute atomic E-state index is 0. The molecule has 16 heavy (non-hydrogen) atoms. The van der Waals surface area contributed by atoms with Crippen molar-refractivity contribution in [1.29, 1.82) is 0 Å². The van der Waals surface area contributed by atoms with E-state index in [0.29, 0.717) is 0 Å². The van der Waals surface area contributed by atoms with Crippen molar-refractivity contribution in [3.8, 4) is 5.75 Å². The van der Waals surface area contributed by atoms with Crippen LogP contribution in [0.1, 0.15) is 5.56 Å². The Hall–Kier alpha value is 0.410. The van der Waals surface area contributed by atoms with Crippen LogP contribution in [-0.4, -0.2) is 17.5 Å². The van der Waals surface area contributed by atoms with E-state index in [-0.39, 0.29) is 76.8 Å². The Morgan fingerprint density at radius 3 is 2.06 bits per heavy atom. The van der Waals surface area contributed by atoms with Crippen molar-refractivity contribution in [3.05, 3.63) is 29.8 Å². The molecule has 1 rings (SSSR count). The van der Waals surface area contributed by atoms with Gasteiger partial charge in [0.05, 0.1) is 5.97 Å². The van der Waals surface area contributed by atoms with Gasteiger partial charge in [0.2, 0.25) is 0 Å². The normalized spacial score (nSPS) is 10.1. The summed E-state index contributed by atoms with van der Waals surface area (Å²) in [5, 5.41) is 21.0. The maximum atomic E-state index is 10.7. The fraction of sp³-hybridized carbons (Fsp3) is 0.222. The molecular weight excluding hydrogens is 232 g/mol. The second-order valence-electron chi connectivity index (χ2n) is 2.77. The molecule has 4 N–H and O–H groups in total. The van der Waals surface area contributed by atoms with E-state index in [1.54, 1.807) is 12.1 Å². The second-order valence-corrected chi connectivity index (χ2v) is 2.77. The fourth-order valence-electron chi connectivity index (χ4n) is 0.963. The van der Waals surface area contributed by atoms with Crippen LogP contribution < -0.4 is 75.1 Å². The van der Waals surface area contributed by atoms with Crippen LogP contribution >= 0.6 is 0 Å². The molecular formula is C9H11NNa2O4. The minimum Gasteiger partial charge on any atom is -0.872 e. The molecule has 0 amide bonds. The van der Waals surface area contributed by atoms with Crippen LogP contribution in [0.3, 0.4) is 0 Å². The van der Waals surface area contributed by atoms with Gasteiger partial charge in [-0.2, -0.15) is 0 Å². The Kier molecular flexibility index (Phi) is 14.3. The van der Waals surface area contributed by atoms with E-state index < -0.39 is 12.0 Å². The zero-order valence-corrected chi connectivity index (χ0v) is 13.4. The van der Waals surface area contributed by atoms with Crippen molar-refractivity contribution < 1.29 is 79.6 Å². The van der Waals surface area contributed by atoms with Crippen molar-refractivity contribution in [3.63, 3.8) is 0 Å². The summed E-state index contributed by atoms with van der Waals surface area (Å²) in [6.07, 6.45) is 0.183. The van der Waals surface area contributed by atoms with E-state index in [4.69, 9.17) is 5.73 Å². The van der Waals surface area contributed by atoms with Gasteiger partial charge in [-0.15, -0.1) is 5.75 Å². The molecule has 5 nitrogen and oxygen atoms in total. The molecule has 1 aromatic carbocycles. The standard InChI is InChI=1S/C9H11NO3.2Na.H2O/c10-8(9(12)13)5-6-1-3-7(11)4-2-6;;;/h1-4,8,11H,5,10H2,(H,12,13);;;1H2/q;2*+1;/p-2/t8-;;;/m0.../s1.